The Morgan fingerprint density at radius 2 is 1.19 bits per heavy atom. The van der Waals surface area contributed by atoms with Crippen LogP contribution in [-0.4, -0.2) is 129 Å². The van der Waals surface area contributed by atoms with Crippen LogP contribution in [0.15, 0.2) is 0 Å². The molecule has 1 heterocycles. The third-order valence-electron chi connectivity index (χ3n) is 9.73. The van der Waals surface area contributed by atoms with Gasteiger partial charge in [0.1, 0.15) is 41.8 Å². The molecule has 7 amide bonds. The molecule has 1 rings (SSSR count). The van der Waals surface area contributed by atoms with E-state index in [1.807, 2.05) is 13.8 Å². The van der Waals surface area contributed by atoms with Crippen molar-refractivity contribution in [1.82, 2.24) is 42.5 Å². The molecule has 336 valence electrons. The first-order chi connectivity index (χ1) is 27.5. The smallest absolute Gasteiger partial charge is 0.327 e. The summed E-state index contributed by atoms with van der Waals surface area (Å²) in [6.45, 7) is 14.1. The maximum absolute atomic E-state index is 13.7. The number of carboxylic acids is 2. The minimum absolute atomic E-state index is 0.115. The Hall–Kier alpha value is -4.11. The zero-order valence-electron chi connectivity index (χ0n) is 35.3. The molecule has 1 fully saturated rings. The number of amides is 7. The van der Waals surface area contributed by atoms with Gasteiger partial charge in [0.2, 0.25) is 41.4 Å². The minimum atomic E-state index is -1.66. The van der Waals surface area contributed by atoms with Crippen LogP contribution in [-0.2, 0) is 43.2 Å². The van der Waals surface area contributed by atoms with Gasteiger partial charge >= 0.3 is 11.9 Å². The minimum Gasteiger partial charge on any atom is -0.481 e. The van der Waals surface area contributed by atoms with Gasteiger partial charge in [0.15, 0.2) is 0 Å². The number of rotatable bonds is 26. The highest BCUT2D eigenvalue weighted by molar-refractivity contribution is 7.80. The van der Waals surface area contributed by atoms with Crippen molar-refractivity contribution in [1.29, 1.82) is 0 Å². The number of hydrogen-bond donors (Lipinski definition) is 12. The monoisotopic (exact) mass is 874 g/mol. The number of carbonyl (C=O) groups is 9. The first kappa shape index (κ1) is 52.9. The van der Waals surface area contributed by atoms with E-state index in [0.717, 1.165) is 6.42 Å². The Morgan fingerprint density at radius 3 is 1.66 bits per heavy atom. The van der Waals surface area contributed by atoms with Gasteiger partial charge in [-0.3, -0.25) is 38.4 Å². The summed E-state index contributed by atoms with van der Waals surface area (Å²) in [6, 6.07) is -7.91. The fourth-order valence-corrected chi connectivity index (χ4v) is 6.56. The molecule has 0 unspecified atom stereocenters. The molecule has 59 heavy (non-hydrogen) atoms. The normalized spacial score (nSPS) is 17.6. The third kappa shape index (κ3) is 18.4. The van der Waals surface area contributed by atoms with Gasteiger partial charge < -0.3 is 52.7 Å². The van der Waals surface area contributed by atoms with Crippen LogP contribution in [0.2, 0.25) is 0 Å². The van der Waals surface area contributed by atoms with Gasteiger partial charge in [-0.05, 0) is 70.3 Å². The number of carboxylic acid groups (broad SMARTS) is 2. The topological polar surface area (TPSA) is 290 Å². The number of hydrogen-bond acceptors (Lipinski definition) is 12. The Bertz CT molecular complexity index is 1490. The first-order valence-corrected chi connectivity index (χ1v) is 21.3. The maximum atomic E-state index is 13.7. The predicted octanol–water partition coefficient (Wildman–Crippen LogP) is -0.511. The molecule has 0 saturated carbocycles. The van der Waals surface area contributed by atoms with Crippen LogP contribution in [0, 0.1) is 17.8 Å². The number of nitrogens with one attached hydrogen (secondary N) is 8. The lowest BCUT2D eigenvalue weighted by atomic mass is 9.96. The van der Waals surface area contributed by atoms with Gasteiger partial charge in [-0.1, -0.05) is 48.0 Å². The number of carbonyl (C=O) groups excluding carboxylic acids is 7. The Balaban J connectivity index is 3.16. The molecule has 1 aliphatic rings. The van der Waals surface area contributed by atoms with E-state index in [0.29, 0.717) is 19.4 Å². The fourth-order valence-electron chi connectivity index (χ4n) is 6.06. The van der Waals surface area contributed by atoms with Crippen LogP contribution in [0.1, 0.15) is 100 Å². The van der Waals surface area contributed by atoms with Crippen molar-refractivity contribution in [2.75, 3.05) is 18.1 Å². The quantitative estimate of drug-likeness (QED) is 0.0490. The maximum Gasteiger partial charge on any atom is 0.327 e. The van der Waals surface area contributed by atoms with Gasteiger partial charge in [0.05, 0.1) is 6.04 Å². The lowest BCUT2D eigenvalue weighted by Crippen LogP contribution is -2.64. The van der Waals surface area contributed by atoms with E-state index >= 15 is 0 Å². The summed E-state index contributed by atoms with van der Waals surface area (Å²) in [6.07, 6.45) is 1.36. The molecule has 10 N–H and O–H groups in total. The van der Waals surface area contributed by atoms with Crippen LogP contribution in [0.4, 0.5) is 0 Å². The average Bonchev–Trinajstić information content (AvgIpc) is 3.70. The highest BCUT2D eigenvalue weighted by Gasteiger charge is 2.38. The zero-order chi connectivity index (χ0) is 45.2. The summed E-state index contributed by atoms with van der Waals surface area (Å²) >= 11 is 8.21. The predicted molar refractivity (Wildman–Crippen MR) is 225 cm³/mol. The lowest BCUT2D eigenvalue weighted by molar-refractivity contribution is -0.142. The molecule has 0 spiro atoms. The summed E-state index contributed by atoms with van der Waals surface area (Å²) in [5.74, 6) is -8.56. The van der Waals surface area contributed by atoms with Gasteiger partial charge in [-0.2, -0.15) is 25.3 Å². The SMILES string of the molecule is CC[C@H](C)[C@H](NC(=O)[C@H](CC(C)C)NC(=O)C(C)(C)NC(=O)[C@H](CS)NC(=O)[C@H](CC(C)C)NC(=O)[C@H](CCC(=O)O)NC(=O)[C@@H]1CCCN1)C(=O)N[C@@H](CS)C(=O)O. The fraction of sp³-hybridized carbons (Fsp3) is 0.763. The van der Waals surface area contributed by atoms with Gasteiger partial charge in [0.25, 0.3) is 0 Å². The highest BCUT2D eigenvalue weighted by atomic mass is 32.1. The van der Waals surface area contributed by atoms with Crippen LogP contribution in [0.25, 0.3) is 0 Å². The molecule has 0 aromatic rings. The third-order valence-corrected chi connectivity index (χ3v) is 10.5. The average molecular weight is 875 g/mol. The van der Waals surface area contributed by atoms with Crippen molar-refractivity contribution in [3.05, 3.63) is 0 Å². The standard InChI is InChI=1S/C38H66N8O11S2/c1-9-21(6)29(35(54)43-27(18-59)36(55)56)45-33(52)25(16-20(4)5)44-37(57)38(7,8)46-34(53)26(17-58)42-32(51)24(15-19(2)3)41-31(50)23(12-13-28(47)48)40-30(49)22-11-10-14-39-22/h19-27,29,39,58-59H,9-18H2,1-8H3,(H,40,49)(H,41,50)(H,42,51)(H,43,54)(H,44,57)(H,45,52)(H,46,53)(H,47,48)(H,55,56)/t21-,22-,23-,24-,25-,26-,27-,29-/m0/s1. The summed E-state index contributed by atoms with van der Waals surface area (Å²) < 4.78 is 0. The molecule has 0 bridgehead atoms. The highest BCUT2D eigenvalue weighted by Crippen LogP contribution is 2.14. The van der Waals surface area contributed by atoms with E-state index in [2.05, 4.69) is 67.8 Å². The molecule has 8 atom stereocenters. The number of aliphatic carboxylic acids is 2. The second-order valence-corrected chi connectivity index (χ2v) is 17.0. The van der Waals surface area contributed by atoms with E-state index in [9.17, 15) is 53.4 Å². The molecule has 0 radical (unpaired) electrons. The van der Waals surface area contributed by atoms with Crippen molar-refractivity contribution < 1.29 is 53.4 Å². The molecule has 1 aliphatic heterocycles. The second kappa shape index (κ2) is 25.5. The van der Waals surface area contributed by atoms with Gasteiger partial charge in [-0.25, -0.2) is 4.79 Å². The molecule has 1 saturated heterocycles. The molecule has 0 aromatic carbocycles. The van der Waals surface area contributed by atoms with Crippen LogP contribution in [0.5, 0.6) is 0 Å². The second-order valence-electron chi connectivity index (χ2n) is 16.3. The lowest BCUT2D eigenvalue weighted by Gasteiger charge is -2.32. The van der Waals surface area contributed by atoms with Gasteiger partial charge in [0, 0.05) is 17.9 Å². The number of thiol groups is 2. The zero-order valence-corrected chi connectivity index (χ0v) is 37.1. The van der Waals surface area contributed by atoms with E-state index in [1.54, 1.807) is 27.7 Å². The van der Waals surface area contributed by atoms with E-state index in [-0.39, 0.29) is 42.6 Å². The molecular formula is C38H66N8O11S2. The summed E-state index contributed by atoms with van der Waals surface area (Å²) in [5.41, 5.74) is -1.66. The summed E-state index contributed by atoms with van der Waals surface area (Å²) in [7, 11) is 0. The van der Waals surface area contributed by atoms with Crippen LogP contribution in [0.3, 0.4) is 0 Å². The molecule has 19 nitrogen and oxygen atoms in total. The molecule has 0 aromatic heterocycles. The van der Waals surface area contributed by atoms with Crippen molar-refractivity contribution >= 4 is 78.5 Å². The molecular weight excluding hydrogens is 809 g/mol. The van der Waals surface area contributed by atoms with Crippen molar-refractivity contribution in [2.45, 2.75) is 148 Å². The Labute approximate surface area is 357 Å². The molecule has 21 heteroatoms. The Morgan fingerprint density at radius 1 is 0.678 bits per heavy atom. The van der Waals surface area contributed by atoms with Crippen molar-refractivity contribution in [2.24, 2.45) is 17.8 Å². The van der Waals surface area contributed by atoms with E-state index in [1.165, 1.54) is 13.8 Å². The summed E-state index contributed by atoms with van der Waals surface area (Å²) in [4.78, 5) is 117. The van der Waals surface area contributed by atoms with Crippen molar-refractivity contribution in [3.8, 4) is 0 Å². The Kier molecular flexibility index (Phi) is 22.9. The molecule has 0 aliphatic carbocycles. The van der Waals surface area contributed by atoms with E-state index in [4.69, 9.17) is 0 Å². The van der Waals surface area contributed by atoms with Gasteiger partial charge in [-0.15, -0.1) is 0 Å². The summed E-state index contributed by atoms with van der Waals surface area (Å²) in [5, 5.41) is 39.7. The van der Waals surface area contributed by atoms with Crippen molar-refractivity contribution in [3.63, 3.8) is 0 Å². The largest absolute Gasteiger partial charge is 0.481 e. The van der Waals surface area contributed by atoms with E-state index < -0.39 is 113 Å². The van der Waals surface area contributed by atoms with Crippen LogP contribution >= 0.6 is 25.3 Å². The first-order valence-electron chi connectivity index (χ1n) is 20.0. The van der Waals surface area contributed by atoms with Crippen LogP contribution < -0.4 is 42.5 Å².